The van der Waals surface area contributed by atoms with Gasteiger partial charge in [-0.05, 0) is 30.4 Å². The van der Waals surface area contributed by atoms with Crippen molar-refractivity contribution in [1.29, 1.82) is 0 Å². The van der Waals surface area contributed by atoms with Gasteiger partial charge in [0.15, 0.2) is 0 Å². The first-order valence-electron chi connectivity index (χ1n) is 10.3. The molecule has 0 saturated carbocycles. The second kappa shape index (κ2) is 9.22. The van der Waals surface area contributed by atoms with Gasteiger partial charge in [0.2, 0.25) is 0 Å². The molecule has 0 N–H and O–H groups in total. The zero-order valence-electron chi connectivity index (χ0n) is 16.7. The standard InChI is InChI=1S/C25H36/c1-5-8-20-24(4,22-16-12-10-13-17-22)25(7-3,21-9-6-2)23-18-14-11-15-19-23/h10-19H,5-9,20-21H2,1-4H3. The molecule has 0 fully saturated rings. The van der Waals surface area contributed by atoms with E-state index in [9.17, 15) is 0 Å². The van der Waals surface area contributed by atoms with Crippen molar-refractivity contribution in [2.45, 2.75) is 83.5 Å². The maximum absolute atomic E-state index is 2.53. The van der Waals surface area contributed by atoms with E-state index in [1.165, 1.54) is 56.1 Å². The molecule has 0 saturated heterocycles. The molecular formula is C25H36. The lowest BCUT2D eigenvalue weighted by molar-refractivity contribution is 0.182. The Kier molecular flexibility index (Phi) is 7.29. The van der Waals surface area contributed by atoms with Crippen LogP contribution in [0.3, 0.4) is 0 Å². The van der Waals surface area contributed by atoms with Crippen LogP contribution in [-0.2, 0) is 10.8 Å². The van der Waals surface area contributed by atoms with Crippen molar-refractivity contribution < 1.29 is 0 Å². The zero-order chi connectivity index (χ0) is 18.2. The molecule has 0 aliphatic carbocycles. The molecule has 2 aromatic carbocycles. The van der Waals surface area contributed by atoms with Gasteiger partial charge in [-0.1, -0.05) is 114 Å². The molecule has 2 atom stereocenters. The summed E-state index contributed by atoms with van der Waals surface area (Å²) in [4.78, 5) is 0. The van der Waals surface area contributed by atoms with Crippen molar-refractivity contribution in [3.8, 4) is 0 Å². The summed E-state index contributed by atoms with van der Waals surface area (Å²) in [7, 11) is 0. The lowest BCUT2D eigenvalue weighted by atomic mass is 9.53. The lowest BCUT2D eigenvalue weighted by Gasteiger charge is -2.50. The fraction of sp³-hybridized carbons (Fsp3) is 0.520. The van der Waals surface area contributed by atoms with Crippen molar-refractivity contribution in [2.75, 3.05) is 0 Å². The molecule has 0 radical (unpaired) electrons. The SMILES string of the molecule is CCCCC(C)(c1ccccc1)C(CC)(CCCC)c1ccccc1. The Bertz CT molecular complexity index is 600. The van der Waals surface area contributed by atoms with E-state index in [0.29, 0.717) is 0 Å². The molecule has 0 bridgehead atoms. The molecule has 0 heterocycles. The Hall–Kier alpha value is -1.56. The smallest absolute Gasteiger partial charge is 0.00445 e. The Morgan fingerprint density at radius 2 is 1.12 bits per heavy atom. The van der Waals surface area contributed by atoms with Crippen LogP contribution >= 0.6 is 0 Å². The quantitative estimate of drug-likeness (QED) is 0.417. The summed E-state index contributed by atoms with van der Waals surface area (Å²) >= 11 is 0. The summed E-state index contributed by atoms with van der Waals surface area (Å²) in [5.41, 5.74) is 3.38. The van der Waals surface area contributed by atoms with E-state index in [2.05, 4.69) is 88.4 Å². The largest absolute Gasteiger partial charge is 0.0654 e. The normalized spacial score (nSPS) is 16.2. The lowest BCUT2D eigenvalue weighted by Crippen LogP contribution is -2.47. The molecule has 2 aromatic rings. The minimum atomic E-state index is 0.162. The van der Waals surface area contributed by atoms with Gasteiger partial charge in [-0.15, -0.1) is 0 Å². The van der Waals surface area contributed by atoms with Gasteiger partial charge in [0.25, 0.3) is 0 Å². The average Bonchev–Trinajstić information content (AvgIpc) is 2.68. The van der Waals surface area contributed by atoms with E-state index in [1.807, 2.05) is 0 Å². The molecule has 0 amide bonds. The minimum Gasteiger partial charge on any atom is -0.0654 e. The molecule has 2 unspecified atom stereocenters. The molecule has 0 aromatic heterocycles. The molecule has 0 aliphatic heterocycles. The van der Waals surface area contributed by atoms with Crippen molar-refractivity contribution in [3.63, 3.8) is 0 Å². The highest BCUT2D eigenvalue weighted by Gasteiger charge is 2.47. The van der Waals surface area contributed by atoms with Crippen molar-refractivity contribution >= 4 is 0 Å². The second-order valence-electron chi connectivity index (χ2n) is 7.71. The van der Waals surface area contributed by atoms with Crippen LogP contribution in [0.1, 0.15) is 83.8 Å². The van der Waals surface area contributed by atoms with Crippen LogP contribution in [0.5, 0.6) is 0 Å². The maximum Gasteiger partial charge on any atom is 0.00445 e. The number of unbranched alkanes of at least 4 members (excludes halogenated alkanes) is 2. The fourth-order valence-corrected chi connectivity index (χ4v) is 4.74. The van der Waals surface area contributed by atoms with Gasteiger partial charge in [-0.2, -0.15) is 0 Å². The van der Waals surface area contributed by atoms with Crippen molar-refractivity contribution in [1.82, 2.24) is 0 Å². The Labute approximate surface area is 155 Å². The third-order valence-corrected chi connectivity index (χ3v) is 6.38. The summed E-state index contributed by atoms with van der Waals surface area (Å²) in [5, 5.41) is 0. The third kappa shape index (κ3) is 4.00. The first-order chi connectivity index (χ1) is 12.1. The monoisotopic (exact) mass is 336 g/mol. The summed E-state index contributed by atoms with van der Waals surface area (Å²) < 4.78 is 0. The summed E-state index contributed by atoms with van der Waals surface area (Å²) in [5.74, 6) is 0. The Balaban J connectivity index is 2.64. The van der Waals surface area contributed by atoms with Crippen LogP contribution in [0, 0.1) is 0 Å². The number of hydrogen-bond acceptors (Lipinski definition) is 0. The first-order valence-corrected chi connectivity index (χ1v) is 10.3. The number of benzene rings is 2. The van der Waals surface area contributed by atoms with Gasteiger partial charge in [0, 0.05) is 10.8 Å². The summed E-state index contributed by atoms with van der Waals surface area (Å²) in [6.07, 6.45) is 8.78. The van der Waals surface area contributed by atoms with Crippen LogP contribution < -0.4 is 0 Å². The van der Waals surface area contributed by atoms with Gasteiger partial charge < -0.3 is 0 Å². The van der Waals surface area contributed by atoms with E-state index < -0.39 is 0 Å². The predicted octanol–water partition coefficient (Wildman–Crippen LogP) is 7.67. The number of hydrogen-bond donors (Lipinski definition) is 0. The van der Waals surface area contributed by atoms with Crippen LogP contribution in [0.25, 0.3) is 0 Å². The van der Waals surface area contributed by atoms with Gasteiger partial charge in [0.05, 0.1) is 0 Å². The average molecular weight is 337 g/mol. The Morgan fingerprint density at radius 3 is 1.60 bits per heavy atom. The zero-order valence-corrected chi connectivity index (χ0v) is 16.7. The molecule has 0 aliphatic rings. The third-order valence-electron chi connectivity index (χ3n) is 6.38. The molecule has 0 nitrogen and oxygen atoms in total. The number of rotatable bonds is 10. The van der Waals surface area contributed by atoms with Gasteiger partial charge in [0.1, 0.15) is 0 Å². The second-order valence-corrected chi connectivity index (χ2v) is 7.71. The van der Waals surface area contributed by atoms with E-state index in [4.69, 9.17) is 0 Å². The minimum absolute atomic E-state index is 0.162. The fourth-order valence-electron chi connectivity index (χ4n) is 4.74. The summed E-state index contributed by atoms with van der Waals surface area (Å²) in [6, 6.07) is 22.6. The molecule has 25 heavy (non-hydrogen) atoms. The molecule has 0 spiro atoms. The van der Waals surface area contributed by atoms with E-state index in [1.54, 1.807) is 0 Å². The van der Waals surface area contributed by atoms with Crippen LogP contribution in [0.15, 0.2) is 60.7 Å². The van der Waals surface area contributed by atoms with Crippen LogP contribution in [0.2, 0.25) is 0 Å². The first kappa shape index (κ1) is 19.8. The predicted molar refractivity (Wildman–Crippen MR) is 111 cm³/mol. The van der Waals surface area contributed by atoms with E-state index >= 15 is 0 Å². The van der Waals surface area contributed by atoms with E-state index in [0.717, 1.165) is 0 Å². The van der Waals surface area contributed by atoms with Crippen LogP contribution in [-0.4, -0.2) is 0 Å². The van der Waals surface area contributed by atoms with Gasteiger partial charge in [-0.25, -0.2) is 0 Å². The summed E-state index contributed by atoms with van der Waals surface area (Å²) in [6.45, 7) is 9.56. The van der Waals surface area contributed by atoms with Gasteiger partial charge >= 0.3 is 0 Å². The van der Waals surface area contributed by atoms with Crippen molar-refractivity contribution in [2.24, 2.45) is 0 Å². The topological polar surface area (TPSA) is 0 Å². The molecular weight excluding hydrogens is 300 g/mol. The van der Waals surface area contributed by atoms with Crippen LogP contribution in [0.4, 0.5) is 0 Å². The Morgan fingerprint density at radius 1 is 0.640 bits per heavy atom. The molecule has 2 rings (SSSR count). The van der Waals surface area contributed by atoms with Crippen molar-refractivity contribution in [3.05, 3.63) is 71.8 Å². The van der Waals surface area contributed by atoms with Gasteiger partial charge in [-0.3, -0.25) is 0 Å². The van der Waals surface area contributed by atoms with E-state index in [-0.39, 0.29) is 10.8 Å². The highest BCUT2D eigenvalue weighted by molar-refractivity contribution is 5.38. The maximum atomic E-state index is 2.53. The highest BCUT2D eigenvalue weighted by atomic mass is 14.5. The molecule has 0 heteroatoms. The molecule has 136 valence electrons. The highest BCUT2D eigenvalue weighted by Crippen LogP contribution is 2.52.